The molecule has 0 bridgehead atoms. The molecule has 0 aromatic heterocycles. The van der Waals surface area contributed by atoms with Crippen LogP contribution in [0.25, 0.3) is 0 Å². The summed E-state index contributed by atoms with van der Waals surface area (Å²) in [7, 11) is 1.13. The molecule has 1 aromatic rings. The second kappa shape index (κ2) is 3.86. The van der Waals surface area contributed by atoms with E-state index in [2.05, 4.69) is 38.2 Å². The molecule has 0 amide bonds. The Balaban J connectivity index is 2.99. The van der Waals surface area contributed by atoms with Crippen molar-refractivity contribution in [1.29, 1.82) is 0 Å². The highest BCUT2D eigenvalue weighted by atomic mass is 32.2. The van der Waals surface area contributed by atoms with E-state index in [1.807, 2.05) is 11.8 Å². The minimum absolute atomic E-state index is 1.13. The van der Waals surface area contributed by atoms with Crippen LogP contribution in [-0.2, 0) is 0 Å². The number of rotatable bonds is 2. The normalized spacial score (nSPS) is 9.73. The summed E-state index contributed by atoms with van der Waals surface area (Å²) in [6, 6.07) is 6.68. The van der Waals surface area contributed by atoms with E-state index in [1.54, 1.807) is 0 Å². The summed E-state index contributed by atoms with van der Waals surface area (Å²) in [4.78, 5) is 1.39. The maximum atomic E-state index is 2.27. The van der Waals surface area contributed by atoms with Crippen LogP contribution >= 0.6 is 11.8 Å². The monoisotopic (exact) mass is 164 g/mol. The first kappa shape index (κ1) is 8.73. The van der Waals surface area contributed by atoms with E-state index in [1.165, 1.54) is 15.9 Å². The Morgan fingerprint density at radius 2 is 2.09 bits per heavy atom. The Kier molecular flexibility index (Phi) is 3.07. The highest BCUT2D eigenvalue weighted by Crippen LogP contribution is 2.17. The molecule has 1 aromatic carbocycles. The molecular formula is C9H13BS. The molecule has 0 atom stereocenters. The van der Waals surface area contributed by atoms with Gasteiger partial charge in [-0.2, -0.15) is 0 Å². The molecule has 0 N–H and O–H groups in total. The van der Waals surface area contributed by atoms with Gasteiger partial charge >= 0.3 is 0 Å². The molecule has 0 unspecified atom stereocenters. The first-order valence-electron chi connectivity index (χ1n) is 3.91. The van der Waals surface area contributed by atoms with Crippen LogP contribution in [0.4, 0.5) is 0 Å². The van der Waals surface area contributed by atoms with Crippen molar-refractivity contribution < 1.29 is 0 Å². The molecule has 58 valence electrons. The van der Waals surface area contributed by atoms with Crippen molar-refractivity contribution in [3.63, 3.8) is 0 Å². The molecule has 0 nitrogen and oxygen atoms in total. The minimum atomic E-state index is 1.13. The molecule has 1 rings (SSSR count). The summed E-state index contributed by atoms with van der Waals surface area (Å²) in [5.74, 6) is 0. The first-order valence-corrected chi connectivity index (χ1v) is 5.14. The molecule has 0 fully saturated rings. The van der Waals surface area contributed by atoms with Gasteiger partial charge in [0.15, 0.2) is 7.28 Å². The molecule has 0 heterocycles. The van der Waals surface area contributed by atoms with Gasteiger partial charge in [0.25, 0.3) is 0 Å². The lowest BCUT2D eigenvalue weighted by atomic mass is 9.73. The third kappa shape index (κ3) is 2.03. The van der Waals surface area contributed by atoms with E-state index in [0.29, 0.717) is 0 Å². The maximum absolute atomic E-state index is 2.27. The Morgan fingerprint density at radius 3 is 2.55 bits per heavy atom. The van der Waals surface area contributed by atoms with Gasteiger partial charge in [0.1, 0.15) is 0 Å². The van der Waals surface area contributed by atoms with Gasteiger partial charge in [-0.05, 0) is 24.8 Å². The largest absolute Gasteiger partial charge is 0.154 e. The van der Waals surface area contributed by atoms with Crippen LogP contribution in [0.1, 0.15) is 5.56 Å². The lowest BCUT2D eigenvalue weighted by molar-refractivity contribution is 1.32. The number of hydrogen-bond acceptors (Lipinski definition) is 1. The quantitative estimate of drug-likeness (QED) is 0.474. The molecule has 0 aliphatic carbocycles. The summed E-state index contributed by atoms with van der Waals surface area (Å²) in [6.45, 7) is 4.36. The summed E-state index contributed by atoms with van der Waals surface area (Å²) < 4.78 is 0. The van der Waals surface area contributed by atoms with E-state index in [-0.39, 0.29) is 0 Å². The van der Waals surface area contributed by atoms with Crippen molar-refractivity contribution in [2.75, 3.05) is 6.26 Å². The van der Waals surface area contributed by atoms with Gasteiger partial charge in [-0.15, -0.1) is 11.8 Å². The third-order valence-corrected chi connectivity index (χ3v) is 2.77. The fraction of sp³-hybridized carbons (Fsp3) is 0.333. The third-order valence-electron chi connectivity index (χ3n) is 1.87. The van der Waals surface area contributed by atoms with Gasteiger partial charge in [0, 0.05) is 4.90 Å². The van der Waals surface area contributed by atoms with Crippen molar-refractivity contribution in [3.05, 3.63) is 23.8 Å². The topological polar surface area (TPSA) is 0 Å². The minimum Gasteiger partial charge on any atom is -0.129 e. The molecule has 2 heteroatoms. The summed E-state index contributed by atoms with van der Waals surface area (Å²) in [6.07, 6.45) is 2.12. The van der Waals surface area contributed by atoms with Crippen molar-refractivity contribution in [2.24, 2.45) is 0 Å². The Morgan fingerprint density at radius 1 is 1.36 bits per heavy atom. The fourth-order valence-electron chi connectivity index (χ4n) is 1.16. The zero-order chi connectivity index (χ0) is 8.27. The second-order valence-electron chi connectivity index (χ2n) is 2.66. The fourth-order valence-corrected chi connectivity index (χ4v) is 1.75. The molecule has 0 saturated heterocycles. The predicted octanol–water partition coefficient (Wildman–Crippen LogP) is 1.83. The highest BCUT2D eigenvalue weighted by Gasteiger charge is 1.96. The average molecular weight is 164 g/mol. The Bertz CT molecular complexity index is 245. The van der Waals surface area contributed by atoms with E-state index < -0.39 is 0 Å². The van der Waals surface area contributed by atoms with Crippen LogP contribution in [0.2, 0.25) is 6.82 Å². The SMILES string of the molecule is CBc1ccc(SC)c(C)c1. The zero-order valence-electron chi connectivity index (χ0n) is 7.35. The van der Waals surface area contributed by atoms with Crippen LogP contribution in [0.5, 0.6) is 0 Å². The van der Waals surface area contributed by atoms with Crippen molar-refractivity contribution >= 4 is 24.5 Å². The summed E-state index contributed by atoms with van der Waals surface area (Å²) in [5, 5.41) is 0. The Labute approximate surface area is 73.6 Å². The number of benzene rings is 1. The van der Waals surface area contributed by atoms with Crippen LogP contribution in [0, 0.1) is 6.92 Å². The number of hydrogen-bond donors (Lipinski definition) is 0. The summed E-state index contributed by atoms with van der Waals surface area (Å²) >= 11 is 1.81. The summed E-state index contributed by atoms with van der Waals surface area (Å²) in [5.41, 5.74) is 2.83. The van der Waals surface area contributed by atoms with E-state index >= 15 is 0 Å². The lowest BCUT2D eigenvalue weighted by Gasteiger charge is -2.03. The van der Waals surface area contributed by atoms with Gasteiger partial charge in [0.2, 0.25) is 0 Å². The molecule has 0 spiro atoms. The van der Waals surface area contributed by atoms with Crippen molar-refractivity contribution in [3.8, 4) is 0 Å². The van der Waals surface area contributed by atoms with Crippen LogP contribution in [0.3, 0.4) is 0 Å². The van der Waals surface area contributed by atoms with E-state index in [9.17, 15) is 0 Å². The Hall–Kier alpha value is -0.365. The van der Waals surface area contributed by atoms with E-state index in [4.69, 9.17) is 0 Å². The highest BCUT2D eigenvalue weighted by molar-refractivity contribution is 7.98. The maximum Gasteiger partial charge on any atom is 0.154 e. The van der Waals surface area contributed by atoms with Gasteiger partial charge in [0.05, 0.1) is 0 Å². The molecule has 11 heavy (non-hydrogen) atoms. The van der Waals surface area contributed by atoms with Crippen molar-refractivity contribution in [2.45, 2.75) is 18.6 Å². The zero-order valence-corrected chi connectivity index (χ0v) is 8.16. The molecule has 0 aliphatic heterocycles. The van der Waals surface area contributed by atoms with Crippen LogP contribution < -0.4 is 5.46 Å². The second-order valence-corrected chi connectivity index (χ2v) is 3.51. The smallest absolute Gasteiger partial charge is 0.129 e. The van der Waals surface area contributed by atoms with Crippen LogP contribution in [-0.4, -0.2) is 13.5 Å². The lowest BCUT2D eigenvalue weighted by Crippen LogP contribution is -2.10. The van der Waals surface area contributed by atoms with Crippen LogP contribution in [0.15, 0.2) is 23.1 Å². The van der Waals surface area contributed by atoms with Gasteiger partial charge in [-0.1, -0.05) is 24.4 Å². The standard InChI is InChI=1S/C9H13BS/c1-7-6-8(10-2)4-5-9(7)11-3/h4-6,10H,1-3H3. The van der Waals surface area contributed by atoms with Crippen molar-refractivity contribution in [1.82, 2.24) is 0 Å². The predicted molar refractivity (Wildman–Crippen MR) is 55.6 cm³/mol. The molecule has 0 saturated carbocycles. The molecule has 0 aliphatic rings. The number of aryl methyl sites for hydroxylation is 1. The number of thioether (sulfide) groups is 1. The van der Waals surface area contributed by atoms with Gasteiger partial charge in [-0.3, -0.25) is 0 Å². The molecular weight excluding hydrogens is 151 g/mol. The van der Waals surface area contributed by atoms with Gasteiger partial charge < -0.3 is 0 Å². The van der Waals surface area contributed by atoms with E-state index in [0.717, 1.165) is 7.28 Å². The average Bonchev–Trinajstić information content (AvgIpc) is 2.04. The first-order chi connectivity index (χ1) is 5.27. The molecule has 0 radical (unpaired) electrons. The van der Waals surface area contributed by atoms with Gasteiger partial charge in [-0.25, -0.2) is 0 Å².